The van der Waals surface area contributed by atoms with Gasteiger partial charge in [-0.25, -0.2) is 8.78 Å². The molecule has 4 nitrogen and oxygen atoms in total. The fourth-order valence-corrected chi connectivity index (χ4v) is 2.62. The van der Waals surface area contributed by atoms with E-state index in [1.54, 1.807) is 0 Å². The predicted molar refractivity (Wildman–Crippen MR) is 65.7 cm³/mol. The van der Waals surface area contributed by atoms with Crippen molar-refractivity contribution in [2.45, 2.75) is 17.1 Å². The molecule has 1 aliphatic rings. The maximum Gasteiger partial charge on any atom is 0.233 e. The van der Waals surface area contributed by atoms with E-state index in [0.29, 0.717) is 0 Å². The summed E-state index contributed by atoms with van der Waals surface area (Å²) in [7, 11) is 0. The van der Waals surface area contributed by atoms with E-state index in [2.05, 4.69) is 0 Å². The van der Waals surface area contributed by atoms with Crippen LogP contribution < -0.4 is 0 Å². The number of aliphatic hydroxyl groups excluding tert-OH is 2. The number of likely N-dealkylation sites (tertiary alicyclic amines) is 1. The number of thioether (sulfide) groups is 1. The molecule has 2 atom stereocenters. The molecule has 0 saturated carbocycles. The quantitative estimate of drug-likeness (QED) is 0.801. The zero-order valence-corrected chi connectivity index (χ0v) is 10.7. The molecule has 2 N–H and O–H groups in total. The number of carbonyl (C=O) groups is 1. The van der Waals surface area contributed by atoms with Crippen molar-refractivity contribution < 1.29 is 23.8 Å². The third-order valence-corrected chi connectivity index (χ3v) is 3.89. The van der Waals surface area contributed by atoms with Crippen molar-refractivity contribution in [3.8, 4) is 0 Å². The van der Waals surface area contributed by atoms with Crippen molar-refractivity contribution in [2.24, 2.45) is 0 Å². The number of amides is 1. The van der Waals surface area contributed by atoms with E-state index >= 15 is 0 Å². The van der Waals surface area contributed by atoms with Crippen molar-refractivity contribution in [1.82, 2.24) is 4.90 Å². The average Bonchev–Trinajstić information content (AvgIpc) is 2.68. The maximum atomic E-state index is 13.3. The first-order chi connectivity index (χ1) is 8.97. The number of halogens is 2. The molecule has 2 rings (SSSR count). The van der Waals surface area contributed by atoms with E-state index in [4.69, 9.17) is 0 Å². The molecule has 0 unspecified atom stereocenters. The highest BCUT2D eigenvalue weighted by Gasteiger charge is 2.32. The van der Waals surface area contributed by atoms with Crippen molar-refractivity contribution in [2.75, 3.05) is 18.8 Å². The minimum absolute atomic E-state index is 0.0258. The van der Waals surface area contributed by atoms with E-state index in [1.165, 1.54) is 11.0 Å². The number of β-amino-alcohol motifs (C(OH)–C–C–N with tert-alkyl or cyclic N) is 2. The Morgan fingerprint density at radius 1 is 1.32 bits per heavy atom. The van der Waals surface area contributed by atoms with Gasteiger partial charge in [0.15, 0.2) is 0 Å². The normalized spacial score (nSPS) is 22.8. The van der Waals surface area contributed by atoms with E-state index in [-0.39, 0.29) is 29.6 Å². The lowest BCUT2D eigenvalue weighted by atomic mass is 10.3. The molecule has 1 aromatic carbocycles. The smallest absolute Gasteiger partial charge is 0.233 e. The number of rotatable bonds is 3. The summed E-state index contributed by atoms with van der Waals surface area (Å²) in [5.74, 6) is -1.70. The molecule has 0 radical (unpaired) electrons. The van der Waals surface area contributed by atoms with Crippen LogP contribution in [0.25, 0.3) is 0 Å². The Kier molecular flexibility index (Phi) is 4.38. The van der Waals surface area contributed by atoms with Crippen LogP contribution in [0.4, 0.5) is 8.78 Å². The SMILES string of the molecule is O=C(CSc1ccc(F)cc1F)N1C[C@@H](O)[C@@H](O)C1. The second kappa shape index (κ2) is 5.85. The van der Waals surface area contributed by atoms with Gasteiger partial charge in [-0.05, 0) is 12.1 Å². The third-order valence-electron chi connectivity index (χ3n) is 2.86. The minimum Gasteiger partial charge on any atom is -0.388 e. The number of nitrogens with zero attached hydrogens (tertiary/aromatic N) is 1. The molecule has 1 amide bonds. The molecule has 1 saturated heterocycles. The van der Waals surface area contributed by atoms with Crippen LogP contribution >= 0.6 is 11.8 Å². The molecule has 104 valence electrons. The van der Waals surface area contributed by atoms with Crippen LogP contribution in [0.2, 0.25) is 0 Å². The van der Waals surface area contributed by atoms with Crippen molar-refractivity contribution in [3.05, 3.63) is 29.8 Å². The first-order valence-corrected chi connectivity index (χ1v) is 6.67. The average molecular weight is 289 g/mol. The molecule has 7 heteroatoms. The number of aliphatic hydroxyl groups is 2. The summed E-state index contributed by atoms with van der Waals surface area (Å²) < 4.78 is 26.0. The highest BCUT2D eigenvalue weighted by atomic mass is 32.2. The molecule has 19 heavy (non-hydrogen) atoms. The van der Waals surface area contributed by atoms with Crippen LogP contribution in [0.3, 0.4) is 0 Å². The van der Waals surface area contributed by atoms with Gasteiger partial charge in [0.1, 0.15) is 11.6 Å². The third kappa shape index (κ3) is 3.43. The van der Waals surface area contributed by atoms with Crippen LogP contribution in [0.1, 0.15) is 0 Å². The fraction of sp³-hybridized carbons (Fsp3) is 0.417. The number of carbonyl (C=O) groups excluding carboxylic acids is 1. The highest BCUT2D eigenvalue weighted by Crippen LogP contribution is 2.23. The summed E-state index contributed by atoms with van der Waals surface area (Å²) in [6.45, 7) is 0.152. The fourth-order valence-electron chi connectivity index (χ4n) is 1.80. The summed E-state index contributed by atoms with van der Waals surface area (Å²) in [5, 5.41) is 18.6. The van der Waals surface area contributed by atoms with Gasteiger partial charge in [0.05, 0.1) is 18.0 Å². The Bertz CT molecular complexity index is 476. The van der Waals surface area contributed by atoms with Gasteiger partial charge in [0.25, 0.3) is 0 Å². The summed E-state index contributed by atoms with van der Waals surface area (Å²) in [6.07, 6.45) is -1.87. The highest BCUT2D eigenvalue weighted by molar-refractivity contribution is 8.00. The first-order valence-electron chi connectivity index (χ1n) is 5.69. The second-order valence-corrected chi connectivity index (χ2v) is 5.31. The summed E-state index contributed by atoms with van der Waals surface area (Å²) in [5.41, 5.74) is 0. The molecular weight excluding hydrogens is 276 g/mol. The Morgan fingerprint density at radius 2 is 1.95 bits per heavy atom. The van der Waals surface area contributed by atoms with Gasteiger partial charge < -0.3 is 15.1 Å². The monoisotopic (exact) mass is 289 g/mol. The van der Waals surface area contributed by atoms with Crippen LogP contribution in [0.15, 0.2) is 23.1 Å². The molecule has 1 aliphatic heterocycles. The minimum atomic E-state index is -0.934. The Balaban J connectivity index is 1.90. The van der Waals surface area contributed by atoms with Gasteiger partial charge in [-0.2, -0.15) is 0 Å². The Labute approximate surface area is 113 Å². The van der Waals surface area contributed by atoms with Crippen molar-refractivity contribution in [3.63, 3.8) is 0 Å². The predicted octanol–water partition coefficient (Wildman–Crippen LogP) is 0.621. The Morgan fingerprint density at radius 3 is 2.53 bits per heavy atom. The van der Waals surface area contributed by atoms with E-state index < -0.39 is 23.8 Å². The molecule has 0 spiro atoms. The van der Waals surface area contributed by atoms with Crippen LogP contribution in [0, 0.1) is 11.6 Å². The molecule has 0 aliphatic carbocycles. The van der Waals surface area contributed by atoms with Crippen LogP contribution in [-0.4, -0.2) is 52.1 Å². The molecule has 1 aromatic rings. The van der Waals surface area contributed by atoms with Crippen molar-refractivity contribution in [1.29, 1.82) is 0 Å². The van der Waals surface area contributed by atoms with Gasteiger partial charge in [-0.3, -0.25) is 4.79 Å². The second-order valence-electron chi connectivity index (χ2n) is 4.30. The standard InChI is InChI=1S/C12H13F2NO3S/c13-7-1-2-11(8(14)3-7)19-6-12(18)15-4-9(16)10(17)5-15/h1-3,9-10,16-17H,4-6H2/t9-,10+. The van der Waals surface area contributed by atoms with E-state index in [9.17, 15) is 23.8 Å². The van der Waals surface area contributed by atoms with Gasteiger partial charge >= 0.3 is 0 Å². The number of benzene rings is 1. The zero-order valence-electron chi connectivity index (χ0n) is 9.92. The molecular formula is C12H13F2NO3S. The van der Waals surface area contributed by atoms with Crippen LogP contribution in [-0.2, 0) is 4.79 Å². The number of hydrogen-bond donors (Lipinski definition) is 2. The van der Waals surface area contributed by atoms with Gasteiger partial charge in [-0.1, -0.05) is 0 Å². The van der Waals surface area contributed by atoms with Gasteiger partial charge in [-0.15, -0.1) is 11.8 Å². The molecule has 1 fully saturated rings. The lowest BCUT2D eigenvalue weighted by molar-refractivity contribution is -0.127. The van der Waals surface area contributed by atoms with Gasteiger partial charge in [0.2, 0.25) is 5.91 Å². The summed E-state index contributed by atoms with van der Waals surface area (Å²) in [4.78, 5) is 13.3. The van der Waals surface area contributed by atoms with Crippen molar-refractivity contribution >= 4 is 17.7 Å². The van der Waals surface area contributed by atoms with Crippen LogP contribution in [0.5, 0.6) is 0 Å². The summed E-state index contributed by atoms with van der Waals surface area (Å²) in [6, 6.07) is 3.16. The topological polar surface area (TPSA) is 60.8 Å². The molecule has 1 heterocycles. The Hall–Kier alpha value is -1.18. The molecule has 0 aromatic heterocycles. The van der Waals surface area contributed by atoms with E-state index in [0.717, 1.165) is 23.9 Å². The van der Waals surface area contributed by atoms with Gasteiger partial charge in [0, 0.05) is 24.1 Å². The summed E-state index contributed by atoms with van der Waals surface area (Å²) >= 11 is 0.957. The zero-order chi connectivity index (χ0) is 14.0. The first kappa shape index (κ1) is 14.2. The van der Waals surface area contributed by atoms with E-state index in [1.807, 2.05) is 0 Å². The lowest BCUT2D eigenvalue weighted by Crippen LogP contribution is -2.31. The lowest BCUT2D eigenvalue weighted by Gasteiger charge is -2.14. The molecule has 0 bridgehead atoms. The number of hydrogen-bond acceptors (Lipinski definition) is 4. The maximum absolute atomic E-state index is 13.3. The largest absolute Gasteiger partial charge is 0.388 e.